The van der Waals surface area contributed by atoms with Crippen molar-refractivity contribution in [3.8, 4) is 0 Å². The van der Waals surface area contributed by atoms with Gasteiger partial charge in [0.1, 0.15) is 11.9 Å². The lowest BCUT2D eigenvalue weighted by Gasteiger charge is -2.36. The van der Waals surface area contributed by atoms with Crippen molar-refractivity contribution in [2.45, 2.75) is 162 Å². The second-order valence-electron chi connectivity index (χ2n) is 11.7. The average Bonchev–Trinajstić information content (AvgIpc) is 2.85. The van der Waals surface area contributed by atoms with Crippen molar-refractivity contribution in [1.82, 2.24) is 0 Å². The topological polar surface area (TPSA) is 55.8 Å². The zero-order chi connectivity index (χ0) is 27.2. The molecule has 1 atom stereocenters. The van der Waals surface area contributed by atoms with Gasteiger partial charge in [0.05, 0.1) is 11.2 Å². The first-order valence-electron chi connectivity index (χ1n) is 14.7. The van der Waals surface area contributed by atoms with Crippen LogP contribution < -0.4 is 0 Å². The maximum Gasteiger partial charge on any atom is 0.128 e. The van der Waals surface area contributed by atoms with E-state index in [2.05, 4.69) is 73.6 Å². The highest BCUT2D eigenvalue weighted by Gasteiger charge is 2.35. The number of benzene rings is 1. The maximum absolute atomic E-state index is 11.5. The molecule has 0 heterocycles. The number of carbonyl (C=O) groups excluding carboxylic acids is 1. The molecule has 1 unspecified atom stereocenters. The molecule has 0 saturated carbocycles. The molecule has 0 aliphatic rings. The van der Waals surface area contributed by atoms with E-state index in [-0.39, 0.29) is 5.60 Å². The highest BCUT2D eigenvalue weighted by molar-refractivity contribution is 5.48. The summed E-state index contributed by atoms with van der Waals surface area (Å²) >= 11 is 0. The fourth-order valence-corrected chi connectivity index (χ4v) is 5.07. The summed E-state index contributed by atoms with van der Waals surface area (Å²) < 4.78 is 0. The van der Waals surface area contributed by atoms with E-state index in [4.69, 9.17) is 9.78 Å². The summed E-state index contributed by atoms with van der Waals surface area (Å²) in [4.78, 5) is 23.1. The van der Waals surface area contributed by atoms with E-state index in [1.54, 1.807) is 0 Å². The van der Waals surface area contributed by atoms with Crippen molar-refractivity contribution in [2.75, 3.05) is 0 Å². The molecule has 208 valence electrons. The van der Waals surface area contributed by atoms with E-state index < -0.39 is 11.2 Å². The highest BCUT2D eigenvalue weighted by atomic mass is 17.2. The van der Waals surface area contributed by atoms with Crippen LogP contribution in [0.25, 0.3) is 0 Å². The Morgan fingerprint density at radius 1 is 0.889 bits per heavy atom. The van der Waals surface area contributed by atoms with Gasteiger partial charge in [0.25, 0.3) is 0 Å². The fraction of sp³-hybridized carbons (Fsp3) is 0.781. The molecule has 0 radical (unpaired) electrons. The zero-order valence-corrected chi connectivity index (χ0v) is 24.8. The minimum absolute atomic E-state index is 0.336. The molecule has 0 amide bonds. The van der Waals surface area contributed by atoms with Gasteiger partial charge in [-0.2, -0.15) is 0 Å². The Morgan fingerprint density at radius 2 is 1.56 bits per heavy atom. The second-order valence-corrected chi connectivity index (χ2v) is 11.7. The van der Waals surface area contributed by atoms with Crippen molar-refractivity contribution >= 4 is 6.29 Å². The molecule has 4 heteroatoms. The van der Waals surface area contributed by atoms with Gasteiger partial charge in [-0.25, -0.2) is 9.78 Å². The summed E-state index contributed by atoms with van der Waals surface area (Å²) in [5, 5.41) is 11.5. The predicted molar refractivity (Wildman–Crippen MR) is 151 cm³/mol. The molecule has 0 aliphatic heterocycles. The molecule has 4 nitrogen and oxygen atoms in total. The van der Waals surface area contributed by atoms with E-state index in [1.165, 1.54) is 24.0 Å². The molecular formula is C32H56O4. The molecule has 1 rings (SSSR count). The molecule has 0 bridgehead atoms. The Morgan fingerprint density at radius 3 is 2.11 bits per heavy atom. The van der Waals surface area contributed by atoms with Gasteiger partial charge >= 0.3 is 0 Å². The summed E-state index contributed by atoms with van der Waals surface area (Å²) in [6.07, 6.45) is 12.6. The van der Waals surface area contributed by atoms with Gasteiger partial charge in [-0.15, -0.1) is 0 Å². The third kappa shape index (κ3) is 10.3. The SMILES string of the molecule is CCCCCC(C)(C)OOC(CC)(CC)c1ccc(C(C)C)c(CC(O)(CC)CCCCCC=O)c1. The lowest BCUT2D eigenvalue weighted by Crippen LogP contribution is -2.35. The number of rotatable bonds is 20. The minimum Gasteiger partial charge on any atom is -0.390 e. The quantitative estimate of drug-likeness (QED) is 0.0833. The van der Waals surface area contributed by atoms with Crippen LogP contribution >= 0.6 is 0 Å². The van der Waals surface area contributed by atoms with Gasteiger partial charge in [-0.1, -0.05) is 91.8 Å². The molecule has 0 spiro atoms. The van der Waals surface area contributed by atoms with Gasteiger partial charge in [-0.3, -0.25) is 0 Å². The average molecular weight is 505 g/mol. The van der Waals surface area contributed by atoms with Crippen LogP contribution in [0.2, 0.25) is 0 Å². The smallest absolute Gasteiger partial charge is 0.128 e. The Balaban J connectivity index is 3.19. The van der Waals surface area contributed by atoms with Crippen LogP contribution in [-0.4, -0.2) is 22.6 Å². The number of aliphatic hydroxyl groups is 1. The Kier molecular flexibility index (Phi) is 14.5. The lowest BCUT2D eigenvalue weighted by atomic mass is 9.80. The van der Waals surface area contributed by atoms with Crippen LogP contribution in [0.3, 0.4) is 0 Å². The molecule has 0 aromatic heterocycles. The van der Waals surface area contributed by atoms with Crippen LogP contribution in [0.1, 0.15) is 155 Å². The van der Waals surface area contributed by atoms with Crippen molar-refractivity contribution in [3.63, 3.8) is 0 Å². The first kappa shape index (κ1) is 32.8. The van der Waals surface area contributed by atoms with Crippen LogP contribution in [0.5, 0.6) is 0 Å². The Labute approximate surface area is 222 Å². The Hall–Kier alpha value is -1.23. The predicted octanol–water partition coefficient (Wildman–Crippen LogP) is 8.97. The number of aldehydes is 1. The summed E-state index contributed by atoms with van der Waals surface area (Å²) in [5.74, 6) is 0.370. The molecule has 1 aromatic carbocycles. The van der Waals surface area contributed by atoms with Crippen LogP contribution in [-0.2, 0) is 26.6 Å². The zero-order valence-electron chi connectivity index (χ0n) is 24.8. The van der Waals surface area contributed by atoms with E-state index in [1.807, 2.05) is 0 Å². The van der Waals surface area contributed by atoms with Gasteiger partial charge in [-0.05, 0) is 75.0 Å². The molecule has 1 aromatic rings. The summed E-state index contributed by atoms with van der Waals surface area (Å²) in [6, 6.07) is 6.69. The van der Waals surface area contributed by atoms with Crippen LogP contribution in [0.4, 0.5) is 0 Å². The normalized spacial score (nSPS) is 14.3. The maximum atomic E-state index is 11.5. The van der Waals surface area contributed by atoms with Crippen molar-refractivity contribution in [1.29, 1.82) is 0 Å². The third-order valence-electron chi connectivity index (χ3n) is 7.88. The highest BCUT2D eigenvalue weighted by Crippen LogP contribution is 2.38. The summed E-state index contributed by atoms with van der Waals surface area (Å²) in [5.41, 5.74) is 2.01. The van der Waals surface area contributed by atoms with E-state index >= 15 is 0 Å². The molecular weight excluding hydrogens is 448 g/mol. The lowest BCUT2D eigenvalue weighted by molar-refractivity contribution is -0.415. The third-order valence-corrected chi connectivity index (χ3v) is 7.88. The minimum atomic E-state index is -0.747. The van der Waals surface area contributed by atoms with Crippen LogP contribution in [0, 0.1) is 0 Å². The fourth-order valence-electron chi connectivity index (χ4n) is 5.07. The second kappa shape index (κ2) is 15.9. The van der Waals surface area contributed by atoms with Gasteiger partial charge in [0, 0.05) is 12.8 Å². The largest absolute Gasteiger partial charge is 0.390 e. The van der Waals surface area contributed by atoms with Gasteiger partial charge in [0.2, 0.25) is 0 Å². The number of hydrogen-bond donors (Lipinski definition) is 1. The molecule has 0 saturated heterocycles. The monoisotopic (exact) mass is 504 g/mol. The molecule has 0 aliphatic carbocycles. The number of unbranched alkanes of at least 4 members (excludes halogenated alkanes) is 5. The van der Waals surface area contributed by atoms with Crippen molar-refractivity contribution < 1.29 is 19.7 Å². The molecule has 1 N–H and O–H groups in total. The van der Waals surface area contributed by atoms with Crippen molar-refractivity contribution in [3.05, 3.63) is 34.9 Å². The Bertz CT molecular complexity index is 751. The molecule has 0 fully saturated rings. The van der Waals surface area contributed by atoms with Gasteiger partial charge < -0.3 is 9.90 Å². The van der Waals surface area contributed by atoms with Crippen molar-refractivity contribution in [2.24, 2.45) is 0 Å². The van der Waals surface area contributed by atoms with E-state index in [0.717, 1.165) is 63.2 Å². The summed E-state index contributed by atoms with van der Waals surface area (Å²) in [6.45, 7) is 17.3. The molecule has 36 heavy (non-hydrogen) atoms. The number of hydrogen-bond acceptors (Lipinski definition) is 4. The first-order chi connectivity index (χ1) is 17.0. The van der Waals surface area contributed by atoms with E-state index in [0.29, 0.717) is 25.2 Å². The van der Waals surface area contributed by atoms with Gasteiger partial charge in [0.15, 0.2) is 0 Å². The summed E-state index contributed by atoms with van der Waals surface area (Å²) in [7, 11) is 0. The first-order valence-corrected chi connectivity index (χ1v) is 14.7. The number of carbonyl (C=O) groups is 1. The van der Waals surface area contributed by atoms with Crippen LogP contribution in [0.15, 0.2) is 18.2 Å². The standard InChI is InChI=1S/C32H56O4/c1-9-13-16-21-30(7,8)35-36-32(11-3,12-4)28-19-20-29(26(5)6)27(24-28)25-31(34,10-2)22-17-14-15-18-23-33/h19-20,23-24,26,34H,9-18,21-22,25H2,1-8H3. The van der Waals surface area contributed by atoms with E-state index in [9.17, 15) is 9.90 Å².